The Hall–Kier alpha value is -2.38. The minimum Gasteiger partial charge on any atom is -0.489 e. The first kappa shape index (κ1) is 19.9. The molecule has 0 heterocycles. The first-order valence-electron chi connectivity index (χ1n) is 8.23. The van der Waals surface area contributed by atoms with Gasteiger partial charge < -0.3 is 10.1 Å². The smallest absolute Gasteiger partial charge is 0.255 e. The summed E-state index contributed by atoms with van der Waals surface area (Å²) in [5.41, 5.74) is 1.37. The highest BCUT2D eigenvalue weighted by Crippen LogP contribution is 2.26. The first-order valence-corrected chi connectivity index (χ1v) is 9.67. The maximum atomic E-state index is 12.6. The highest BCUT2D eigenvalue weighted by molar-refractivity contribution is 7.89. The second-order valence-electron chi connectivity index (χ2n) is 6.38. The monoisotopic (exact) mass is 376 g/mol. The standard InChI is InChI=1S/C19H24N2O4S/c1-13(2)25-17-9-7-6-8-16(17)20-19(22)15-11-10-14(3)18(12-15)26(23,24)21(4)5/h6-13H,1-5H3,(H,20,22). The van der Waals surface area contributed by atoms with E-state index < -0.39 is 15.9 Å². The van der Waals surface area contributed by atoms with E-state index in [1.807, 2.05) is 19.9 Å². The molecule has 140 valence electrons. The van der Waals surface area contributed by atoms with Crippen LogP contribution in [-0.4, -0.2) is 38.8 Å². The molecule has 1 amide bonds. The third-order valence-corrected chi connectivity index (χ3v) is 5.66. The number of anilines is 1. The van der Waals surface area contributed by atoms with Crippen LogP contribution in [0.5, 0.6) is 5.75 Å². The first-order chi connectivity index (χ1) is 12.1. The molecule has 7 heteroatoms. The van der Waals surface area contributed by atoms with Gasteiger partial charge in [0.15, 0.2) is 0 Å². The molecule has 6 nitrogen and oxygen atoms in total. The number of benzene rings is 2. The summed E-state index contributed by atoms with van der Waals surface area (Å²) in [5.74, 6) is 0.157. The molecule has 26 heavy (non-hydrogen) atoms. The van der Waals surface area contributed by atoms with Crippen molar-refractivity contribution in [1.82, 2.24) is 4.31 Å². The number of carbonyl (C=O) groups excluding carboxylic acids is 1. The maximum Gasteiger partial charge on any atom is 0.255 e. The fourth-order valence-corrected chi connectivity index (χ4v) is 3.48. The number of ether oxygens (including phenoxy) is 1. The molecule has 0 aliphatic heterocycles. The summed E-state index contributed by atoms with van der Waals surface area (Å²) in [7, 11) is -0.713. The molecule has 0 atom stereocenters. The number of carbonyl (C=O) groups is 1. The van der Waals surface area contributed by atoms with E-state index >= 15 is 0 Å². The van der Waals surface area contributed by atoms with Crippen molar-refractivity contribution in [3.63, 3.8) is 0 Å². The molecule has 2 aromatic rings. The van der Waals surface area contributed by atoms with Crippen LogP contribution < -0.4 is 10.1 Å². The molecule has 0 aliphatic rings. The average molecular weight is 376 g/mol. The number of nitrogens with zero attached hydrogens (tertiary/aromatic N) is 1. The molecule has 2 rings (SSSR count). The lowest BCUT2D eigenvalue weighted by Gasteiger charge is -2.16. The van der Waals surface area contributed by atoms with E-state index in [-0.39, 0.29) is 16.6 Å². The van der Waals surface area contributed by atoms with Gasteiger partial charge in [-0.15, -0.1) is 0 Å². The normalized spacial score (nSPS) is 11.7. The SMILES string of the molecule is Cc1ccc(C(=O)Nc2ccccc2OC(C)C)cc1S(=O)(=O)N(C)C. The Kier molecular flexibility index (Phi) is 6.05. The van der Waals surface area contributed by atoms with Crippen LogP contribution in [0, 0.1) is 6.92 Å². The molecule has 0 spiro atoms. The Morgan fingerprint density at radius 3 is 2.38 bits per heavy atom. The fourth-order valence-electron chi connectivity index (χ4n) is 2.34. The van der Waals surface area contributed by atoms with E-state index in [0.29, 0.717) is 17.0 Å². The lowest BCUT2D eigenvalue weighted by molar-refractivity contribution is 0.102. The Labute approximate surface area is 154 Å². The van der Waals surface area contributed by atoms with Crippen molar-refractivity contribution in [2.45, 2.75) is 31.8 Å². The number of hydrogen-bond donors (Lipinski definition) is 1. The Bertz CT molecular complexity index is 906. The third-order valence-electron chi connectivity index (χ3n) is 3.71. The van der Waals surface area contributed by atoms with Crippen molar-refractivity contribution in [2.24, 2.45) is 0 Å². The average Bonchev–Trinajstić information content (AvgIpc) is 2.56. The number of amides is 1. The molecule has 0 saturated carbocycles. The van der Waals surface area contributed by atoms with Crippen LogP contribution in [0.25, 0.3) is 0 Å². The van der Waals surface area contributed by atoms with Crippen LogP contribution in [0.3, 0.4) is 0 Å². The number of sulfonamides is 1. The molecule has 0 aliphatic carbocycles. The molecule has 0 saturated heterocycles. The molecule has 2 aromatic carbocycles. The van der Waals surface area contributed by atoms with Crippen LogP contribution in [-0.2, 0) is 10.0 Å². The highest BCUT2D eigenvalue weighted by Gasteiger charge is 2.21. The van der Waals surface area contributed by atoms with Gasteiger partial charge in [0.2, 0.25) is 10.0 Å². The summed E-state index contributed by atoms with van der Waals surface area (Å²) in [6.45, 7) is 5.50. The van der Waals surface area contributed by atoms with Gasteiger partial charge in [-0.05, 0) is 50.6 Å². The number of nitrogens with one attached hydrogen (secondary N) is 1. The Balaban J connectivity index is 2.35. The molecule has 0 radical (unpaired) electrons. The van der Waals surface area contributed by atoms with Gasteiger partial charge in [0.1, 0.15) is 5.75 Å². The Morgan fingerprint density at radius 1 is 1.12 bits per heavy atom. The van der Waals surface area contributed by atoms with Crippen LogP contribution in [0.1, 0.15) is 29.8 Å². The summed E-state index contributed by atoms with van der Waals surface area (Å²) in [6.07, 6.45) is -0.0377. The molecule has 0 fully saturated rings. The predicted molar refractivity (Wildman–Crippen MR) is 102 cm³/mol. The number of para-hydroxylation sites is 2. The van der Waals surface area contributed by atoms with Crippen molar-refractivity contribution in [3.05, 3.63) is 53.6 Å². The largest absolute Gasteiger partial charge is 0.489 e. The van der Waals surface area contributed by atoms with Gasteiger partial charge in [-0.2, -0.15) is 0 Å². The van der Waals surface area contributed by atoms with Crippen molar-refractivity contribution in [2.75, 3.05) is 19.4 Å². The summed E-state index contributed by atoms with van der Waals surface area (Å²) >= 11 is 0. The van der Waals surface area contributed by atoms with Crippen LogP contribution in [0.4, 0.5) is 5.69 Å². The van der Waals surface area contributed by atoms with Crippen molar-refractivity contribution in [1.29, 1.82) is 0 Å². The zero-order valence-corrected chi connectivity index (χ0v) is 16.4. The topological polar surface area (TPSA) is 75.7 Å². The second-order valence-corrected chi connectivity index (χ2v) is 8.50. The molecular weight excluding hydrogens is 352 g/mol. The molecule has 0 unspecified atom stereocenters. The van der Waals surface area contributed by atoms with Crippen LogP contribution >= 0.6 is 0 Å². The predicted octanol–water partition coefficient (Wildman–Crippen LogP) is 3.28. The zero-order chi connectivity index (χ0) is 19.5. The van der Waals surface area contributed by atoms with E-state index in [0.717, 1.165) is 4.31 Å². The van der Waals surface area contributed by atoms with Gasteiger partial charge in [-0.3, -0.25) is 4.79 Å². The van der Waals surface area contributed by atoms with Gasteiger partial charge in [-0.25, -0.2) is 12.7 Å². The minimum atomic E-state index is -3.63. The summed E-state index contributed by atoms with van der Waals surface area (Å²) < 4.78 is 31.7. The van der Waals surface area contributed by atoms with Crippen LogP contribution in [0.2, 0.25) is 0 Å². The van der Waals surface area contributed by atoms with E-state index in [1.165, 1.54) is 20.2 Å². The van der Waals surface area contributed by atoms with Crippen molar-refractivity contribution in [3.8, 4) is 5.75 Å². The summed E-state index contributed by atoms with van der Waals surface area (Å²) in [6, 6.07) is 11.7. The number of rotatable bonds is 6. The van der Waals surface area contributed by atoms with E-state index in [4.69, 9.17) is 4.74 Å². The molecule has 0 aromatic heterocycles. The maximum absolute atomic E-state index is 12.6. The Morgan fingerprint density at radius 2 is 1.77 bits per heavy atom. The third kappa shape index (κ3) is 4.42. The summed E-state index contributed by atoms with van der Waals surface area (Å²) in [5, 5.41) is 2.79. The van der Waals surface area contributed by atoms with Gasteiger partial charge >= 0.3 is 0 Å². The quantitative estimate of drug-likeness (QED) is 0.839. The van der Waals surface area contributed by atoms with Crippen molar-refractivity contribution >= 4 is 21.6 Å². The fraction of sp³-hybridized carbons (Fsp3) is 0.316. The van der Waals surface area contributed by atoms with Crippen molar-refractivity contribution < 1.29 is 17.9 Å². The lowest BCUT2D eigenvalue weighted by atomic mass is 10.1. The second kappa shape index (κ2) is 7.88. The van der Waals surface area contributed by atoms with E-state index in [9.17, 15) is 13.2 Å². The molecule has 1 N–H and O–H groups in total. The van der Waals surface area contributed by atoms with Gasteiger partial charge in [-0.1, -0.05) is 18.2 Å². The lowest BCUT2D eigenvalue weighted by Crippen LogP contribution is -2.23. The molecular formula is C19H24N2O4S. The number of aryl methyl sites for hydroxylation is 1. The zero-order valence-electron chi connectivity index (χ0n) is 15.6. The molecule has 0 bridgehead atoms. The minimum absolute atomic E-state index is 0.0377. The van der Waals surface area contributed by atoms with E-state index in [1.54, 1.807) is 37.3 Å². The van der Waals surface area contributed by atoms with Gasteiger partial charge in [0.05, 0.1) is 16.7 Å². The van der Waals surface area contributed by atoms with Gasteiger partial charge in [0.25, 0.3) is 5.91 Å². The van der Waals surface area contributed by atoms with Crippen LogP contribution in [0.15, 0.2) is 47.4 Å². The van der Waals surface area contributed by atoms with E-state index in [2.05, 4.69) is 5.32 Å². The number of hydrogen-bond acceptors (Lipinski definition) is 4. The summed E-state index contributed by atoms with van der Waals surface area (Å²) in [4.78, 5) is 12.8. The highest BCUT2D eigenvalue weighted by atomic mass is 32.2. The van der Waals surface area contributed by atoms with Gasteiger partial charge in [0, 0.05) is 19.7 Å².